The molecule has 0 amide bonds. The average molecular weight is 407 g/mol. The number of benzene rings is 2. The van der Waals surface area contributed by atoms with Gasteiger partial charge in [0.25, 0.3) is 5.79 Å². The summed E-state index contributed by atoms with van der Waals surface area (Å²) in [7, 11) is 0. The minimum Gasteiger partial charge on any atom is -0.419 e. The molecular weight excluding hydrogens is 391 g/mol. The number of hydrogen-bond donors (Lipinski definition) is 1. The Bertz CT molecular complexity index is 943. The maximum absolute atomic E-state index is 12.3. The van der Waals surface area contributed by atoms with E-state index in [1.54, 1.807) is 24.3 Å². The van der Waals surface area contributed by atoms with Crippen LogP contribution in [0.25, 0.3) is 11.1 Å². The largest absolute Gasteiger partial charge is 0.573 e. The summed E-state index contributed by atoms with van der Waals surface area (Å²) >= 11 is 0. The highest BCUT2D eigenvalue weighted by Crippen LogP contribution is 2.28. The molecule has 0 spiro atoms. The van der Waals surface area contributed by atoms with E-state index < -0.39 is 24.1 Å². The van der Waals surface area contributed by atoms with Crippen LogP contribution < -0.4 is 10.1 Å². The first kappa shape index (κ1) is 20.2. The number of carbonyl (C=O) groups is 2. The number of rotatable bonds is 4. The van der Waals surface area contributed by atoms with Gasteiger partial charge in [-0.3, -0.25) is 0 Å². The number of halogens is 3. The second-order valence-electron chi connectivity index (χ2n) is 6.53. The van der Waals surface area contributed by atoms with Gasteiger partial charge < -0.3 is 19.5 Å². The lowest BCUT2D eigenvalue weighted by Gasteiger charge is -2.29. The molecule has 3 rings (SSSR count). The van der Waals surface area contributed by atoms with Gasteiger partial charge in [0.1, 0.15) is 5.75 Å². The Morgan fingerprint density at radius 3 is 2.17 bits per heavy atom. The molecule has 1 fully saturated rings. The van der Waals surface area contributed by atoms with Crippen LogP contribution in [0.1, 0.15) is 13.8 Å². The van der Waals surface area contributed by atoms with Gasteiger partial charge >= 0.3 is 18.3 Å². The third kappa shape index (κ3) is 5.28. The highest BCUT2D eigenvalue weighted by molar-refractivity contribution is 6.15. The van der Waals surface area contributed by atoms with E-state index in [9.17, 15) is 22.8 Å². The van der Waals surface area contributed by atoms with Crippen LogP contribution in [0.2, 0.25) is 0 Å². The van der Waals surface area contributed by atoms with Gasteiger partial charge in [0.15, 0.2) is 5.57 Å². The summed E-state index contributed by atoms with van der Waals surface area (Å²) < 4.78 is 50.6. The summed E-state index contributed by atoms with van der Waals surface area (Å²) in [6.07, 6.45) is -3.57. The van der Waals surface area contributed by atoms with Crippen LogP contribution in [0.5, 0.6) is 5.75 Å². The van der Waals surface area contributed by atoms with Crippen molar-refractivity contribution in [3.8, 4) is 16.9 Å². The predicted molar refractivity (Wildman–Crippen MR) is 96.5 cm³/mol. The van der Waals surface area contributed by atoms with Gasteiger partial charge in [0, 0.05) is 25.7 Å². The summed E-state index contributed by atoms with van der Waals surface area (Å²) in [5, 5.41) is 2.82. The van der Waals surface area contributed by atoms with Crippen LogP contribution in [0.3, 0.4) is 0 Å². The molecule has 0 radical (unpaired) electrons. The molecule has 0 aromatic heterocycles. The molecule has 0 atom stereocenters. The maximum Gasteiger partial charge on any atom is 0.573 e. The minimum absolute atomic E-state index is 0.289. The molecule has 1 aliphatic rings. The van der Waals surface area contributed by atoms with Gasteiger partial charge in [0.2, 0.25) is 0 Å². The van der Waals surface area contributed by atoms with Crippen LogP contribution in [0.15, 0.2) is 60.3 Å². The first-order valence-corrected chi connectivity index (χ1v) is 8.42. The highest BCUT2D eigenvalue weighted by Gasteiger charge is 2.39. The van der Waals surface area contributed by atoms with Crippen molar-refractivity contribution >= 4 is 17.6 Å². The number of anilines is 1. The van der Waals surface area contributed by atoms with Crippen LogP contribution in [-0.4, -0.2) is 24.1 Å². The molecule has 2 aromatic carbocycles. The average Bonchev–Trinajstić information content (AvgIpc) is 2.59. The number of ether oxygens (including phenoxy) is 3. The zero-order chi connectivity index (χ0) is 21.2. The van der Waals surface area contributed by atoms with E-state index in [4.69, 9.17) is 9.47 Å². The number of hydrogen-bond acceptors (Lipinski definition) is 6. The van der Waals surface area contributed by atoms with Gasteiger partial charge in [-0.15, -0.1) is 13.2 Å². The van der Waals surface area contributed by atoms with Crippen LogP contribution in [-0.2, 0) is 19.1 Å². The van der Waals surface area contributed by atoms with E-state index in [-0.39, 0.29) is 11.3 Å². The van der Waals surface area contributed by atoms with E-state index in [0.29, 0.717) is 16.8 Å². The quantitative estimate of drug-likeness (QED) is 0.461. The lowest BCUT2D eigenvalue weighted by atomic mass is 10.1. The van der Waals surface area contributed by atoms with Crippen molar-refractivity contribution in [2.75, 3.05) is 5.32 Å². The van der Waals surface area contributed by atoms with E-state index in [1.165, 1.54) is 44.3 Å². The summed E-state index contributed by atoms with van der Waals surface area (Å²) in [4.78, 5) is 23.9. The van der Waals surface area contributed by atoms with Gasteiger partial charge in [-0.25, -0.2) is 9.59 Å². The van der Waals surface area contributed by atoms with Crippen LogP contribution in [0, 0.1) is 0 Å². The monoisotopic (exact) mass is 407 g/mol. The van der Waals surface area contributed by atoms with Crippen molar-refractivity contribution in [1.82, 2.24) is 0 Å². The second-order valence-corrected chi connectivity index (χ2v) is 6.53. The Balaban J connectivity index is 1.75. The molecule has 29 heavy (non-hydrogen) atoms. The van der Waals surface area contributed by atoms with Crippen molar-refractivity contribution in [2.24, 2.45) is 0 Å². The second kappa shape index (κ2) is 7.50. The lowest BCUT2D eigenvalue weighted by molar-refractivity contribution is -0.274. The minimum atomic E-state index is -4.75. The SMILES string of the molecule is CC1(C)OC(=O)C(=CNc2cccc(-c3ccc(OC(F)(F)F)cc3)c2)C(=O)O1. The summed E-state index contributed by atoms with van der Waals surface area (Å²) in [5.41, 5.74) is 1.59. The van der Waals surface area contributed by atoms with Gasteiger partial charge in [-0.05, 0) is 35.4 Å². The van der Waals surface area contributed by atoms with Crippen LogP contribution in [0.4, 0.5) is 18.9 Å². The summed E-state index contributed by atoms with van der Waals surface area (Å²) in [6.45, 7) is 2.89. The molecular formula is C20H16F3NO5. The van der Waals surface area contributed by atoms with Crippen LogP contribution >= 0.6 is 0 Å². The Morgan fingerprint density at radius 2 is 1.59 bits per heavy atom. The highest BCUT2D eigenvalue weighted by atomic mass is 19.4. The number of alkyl halides is 3. The third-order valence-corrected chi connectivity index (χ3v) is 3.78. The fraction of sp³-hybridized carbons (Fsp3) is 0.200. The standard InChI is InChI=1S/C20H16F3NO5/c1-19(2)28-17(25)16(18(26)29-19)11-24-14-5-3-4-13(10-14)12-6-8-15(9-7-12)27-20(21,22)23/h3-11,24H,1-2H3. The molecule has 1 aliphatic heterocycles. The van der Waals surface area contributed by atoms with Gasteiger partial charge in [0.05, 0.1) is 0 Å². The lowest BCUT2D eigenvalue weighted by Crippen LogP contribution is -2.42. The molecule has 1 heterocycles. The summed E-state index contributed by atoms with van der Waals surface area (Å²) in [6, 6.07) is 12.2. The molecule has 0 unspecified atom stereocenters. The van der Waals surface area contributed by atoms with E-state index in [0.717, 1.165) is 0 Å². The van der Waals surface area contributed by atoms with Crippen molar-refractivity contribution in [3.63, 3.8) is 0 Å². The molecule has 0 bridgehead atoms. The Morgan fingerprint density at radius 1 is 0.966 bits per heavy atom. The Labute approximate surface area is 163 Å². The fourth-order valence-electron chi connectivity index (χ4n) is 2.57. The third-order valence-electron chi connectivity index (χ3n) is 3.78. The first-order chi connectivity index (χ1) is 13.5. The molecule has 0 aliphatic carbocycles. The Hall–Kier alpha value is -3.49. The number of esters is 2. The number of nitrogens with one attached hydrogen (secondary N) is 1. The van der Waals surface area contributed by atoms with E-state index in [2.05, 4.69) is 10.1 Å². The number of carbonyl (C=O) groups excluding carboxylic acids is 2. The van der Waals surface area contributed by atoms with Gasteiger partial charge in [-0.2, -0.15) is 0 Å². The summed E-state index contributed by atoms with van der Waals surface area (Å²) in [5.74, 6) is -3.27. The smallest absolute Gasteiger partial charge is 0.419 e. The zero-order valence-electron chi connectivity index (χ0n) is 15.4. The molecule has 0 saturated carbocycles. The van der Waals surface area contributed by atoms with E-state index >= 15 is 0 Å². The topological polar surface area (TPSA) is 73.9 Å². The predicted octanol–water partition coefficient (Wildman–Crippen LogP) is 4.38. The molecule has 2 aromatic rings. The van der Waals surface area contributed by atoms with Crippen molar-refractivity contribution in [2.45, 2.75) is 26.0 Å². The molecule has 152 valence electrons. The van der Waals surface area contributed by atoms with E-state index in [1.807, 2.05) is 0 Å². The normalized spacial score (nSPS) is 16.0. The van der Waals surface area contributed by atoms with Gasteiger partial charge in [-0.1, -0.05) is 24.3 Å². The molecule has 9 heteroatoms. The van der Waals surface area contributed by atoms with Crippen molar-refractivity contribution in [1.29, 1.82) is 0 Å². The Kier molecular flexibility index (Phi) is 5.23. The molecule has 1 N–H and O–H groups in total. The maximum atomic E-state index is 12.3. The zero-order valence-corrected chi connectivity index (χ0v) is 15.4. The number of cyclic esters (lactones) is 2. The first-order valence-electron chi connectivity index (χ1n) is 8.42. The molecule has 1 saturated heterocycles. The molecule has 6 nitrogen and oxygen atoms in total. The van der Waals surface area contributed by atoms with Crippen molar-refractivity contribution in [3.05, 3.63) is 60.3 Å². The fourth-order valence-corrected chi connectivity index (χ4v) is 2.57. The van der Waals surface area contributed by atoms with Crippen molar-refractivity contribution < 1.29 is 37.0 Å².